The molecule has 1 heterocycles. The van der Waals surface area contributed by atoms with Crippen molar-refractivity contribution in [2.24, 2.45) is 11.8 Å². The minimum atomic E-state index is -1.40. The lowest BCUT2D eigenvalue weighted by molar-refractivity contribution is -0.130. The molecule has 0 N–H and O–H groups in total. The van der Waals surface area contributed by atoms with Gasteiger partial charge in [0.05, 0.1) is 28.4 Å². The third-order valence-corrected chi connectivity index (χ3v) is 10.9. The normalized spacial score (nSPS) is 25.0. The Kier molecular flexibility index (Phi) is 6.55. The lowest BCUT2D eigenvalue weighted by Crippen LogP contribution is -2.45. The predicted octanol–water partition coefficient (Wildman–Crippen LogP) is 8.10. The first-order valence-electron chi connectivity index (χ1n) is 15.5. The van der Waals surface area contributed by atoms with Gasteiger partial charge in [0.25, 0.3) is 0 Å². The molecule has 5 heteroatoms. The maximum Gasteiger partial charge on any atom is 0.239 e. The van der Waals surface area contributed by atoms with Gasteiger partial charge in [0, 0.05) is 3.57 Å². The summed E-state index contributed by atoms with van der Waals surface area (Å²) in [6.45, 7) is 4.08. The number of hydrogen-bond donors (Lipinski definition) is 0. The van der Waals surface area contributed by atoms with E-state index in [0.29, 0.717) is 5.69 Å². The van der Waals surface area contributed by atoms with Gasteiger partial charge >= 0.3 is 0 Å². The fourth-order valence-corrected chi connectivity index (χ4v) is 8.96. The maximum atomic E-state index is 15.9. The van der Waals surface area contributed by atoms with E-state index in [1.165, 1.54) is 4.90 Å². The Hall–Kier alpha value is -4.62. The molecule has 3 aliphatic rings. The van der Waals surface area contributed by atoms with Crippen LogP contribution < -0.4 is 4.90 Å². The van der Waals surface area contributed by atoms with Crippen LogP contribution in [-0.2, 0) is 25.2 Å². The number of amides is 2. The number of rotatable bonds is 5. The highest BCUT2D eigenvalue weighted by molar-refractivity contribution is 14.1. The molecule has 8 rings (SSSR count). The molecule has 0 aromatic heterocycles. The largest absolute Gasteiger partial charge is 0.297 e. The quantitative estimate of drug-likeness (QED) is 0.137. The van der Waals surface area contributed by atoms with E-state index in [1.807, 2.05) is 98.8 Å². The summed E-state index contributed by atoms with van der Waals surface area (Å²) in [4.78, 5) is 47.4. The third-order valence-electron chi connectivity index (χ3n) is 10.2. The first-order chi connectivity index (χ1) is 22.3. The van der Waals surface area contributed by atoms with Crippen molar-refractivity contribution in [1.29, 1.82) is 0 Å². The molecule has 2 aliphatic carbocycles. The summed E-state index contributed by atoms with van der Waals surface area (Å²) in [6, 6.07) is 43.3. The molecule has 0 unspecified atom stereocenters. The van der Waals surface area contributed by atoms with Crippen molar-refractivity contribution < 1.29 is 14.4 Å². The Bertz CT molecular complexity index is 1960. The Morgan fingerprint density at radius 1 is 0.543 bits per heavy atom. The number of fused-ring (bicyclic) bond motifs is 5. The lowest BCUT2D eigenvalue weighted by atomic mass is 9.59. The topological polar surface area (TPSA) is 54.5 Å². The molecule has 1 aliphatic heterocycles. The molecular formula is C41H30INO3. The van der Waals surface area contributed by atoms with Crippen molar-refractivity contribution in [2.45, 2.75) is 24.7 Å². The summed E-state index contributed by atoms with van der Waals surface area (Å²) in [6.07, 6.45) is 0. The zero-order chi connectivity index (χ0) is 31.8. The van der Waals surface area contributed by atoms with Crippen LogP contribution in [-0.4, -0.2) is 17.6 Å². The molecule has 1 saturated heterocycles. The van der Waals surface area contributed by atoms with Gasteiger partial charge in [0.2, 0.25) is 11.8 Å². The van der Waals surface area contributed by atoms with Crippen molar-refractivity contribution in [2.75, 3.05) is 4.90 Å². The van der Waals surface area contributed by atoms with E-state index in [9.17, 15) is 0 Å². The van der Waals surface area contributed by atoms with Crippen molar-refractivity contribution in [1.82, 2.24) is 0 Å². The Labute approximate surface area is 281 Å². The predicted molar refractivity (Wildman–Crippen MR) is 189 cm³/mol. The molecule has 2 amide bonds. The van der Waals surface area contributed by atoms with Gasteiger partial charge in [0.15, 0.2) is 5.78 Å². The number of anilines is 1. The first kappa shape index (κ1) is 28.8. The fraction of sp³-hybridized carbons (Fsp3) is 0.146. The molecule has 224 valence electrons. The third kappa shape index (κ3) is 3.69. The van der Waals surface area contributed by atoms with Crippen molar-refractivity contribution in [3.05, 3.63) is 170 Å². The number of benzene rings is 5. The van der Waals surface area contributed by atoms with Crippen LogP contribution in [0.15, 0.2) is 133 Å². The van der Waals surface area contributed by atoms with E-state index in [2.05, 4.69) is 71.1 Å². The van der Waals surface area contributed by atoms with Gasteiger partial charge in [-0.05, 0) is 88.0 Å². The van der Waals surface area contributed by atoms with E-state index < -0.39 is 22.7 Å². The fourth-order valence-electron chi connectivity index (χ4n) is 8.43. The van der Waals surface area contributed by atoms with Gasteiger partial charge in [-0.1, -0.05) is 126 Å². The Balaban J connectivity index is 1.56. The van der Waals surface area contributed by atoms with Crippen LogP contribution in [0.4, 0.5) is 5.69 Å². The zero-order valence-electron chi connectivity index (χ0n) is 25.4. The number of nitrogens with zero attached hydrogens (tertiary/aromatic N) is 1. The Morgan fingerprint density at radius 3 is 1.39 bits per heavy atom. The van der Waals surface area contributed by atoms with Crippen LogP contribution in [0.3, 0.4) is 0 Å². The van der Waals surface area contributed by atoms with Crippen LogP contribution >= 0.6 is 22.6 Å². The van der Waals surface area contributed by atoms with Crippen LogP contribution in [0.2, 0.25) is 0 Å². The molecule has 46 heavy (non-hydrogen) atoms. The molecule has 4 atom stereocenters. The van der Waals surface area contributed by atoms with E-state index in [4.69, 9.17) is 0 Å². The van der Waals surface area contributed by atoms with E-state index in [-0.39, 0.29) is 17.6 Å². The molecule has 5 aromatic carbocycles. The number of ketones is 1. The summed E-state index contributed by atoms with van der Waals surface area (Å²) < 4.78 is 0.918. The second-order valence-electron chi connectivity index (χ2n) is 12.6. The van der Waals surface area contributed by atoms with Gasteiger partial charge in [-0.2, -0.15) is 0 Å². The highest BCUT2D eigenvalue weighted by Gasteiger charge is 2.82. The van der Waals surface area contributed by atoms with Crippen LogP contribution in [0, 0.1) is 29.3 Å². The average molecular weight is 712 g/mol. The molecule has 0 radical (unpaired) electrons. The number of allylic oxidation sites excluding steroid dienone is 2. The number of aryl methyl sites for hydroxylation is 2. The van der Waals surface area contributed by atoms with Crippen molar-refractivity contribution >= 4 is 57.0 Å². The average Bonchev–Trinajstić information content (AvgIpc) is 3.58. The number of carbonyl (C=O) groups is 3. The molecule has 5 aromatic rings. The smallest absolute Gasteiger partial charge is 0.239 e. The number of halogens is 1. The summed E-state index contributed by atoms with van der Waals surface area (Å²) in [5.74, 6) is -2.64. The van der Waals surface area contributed by atoms with E-state index >= 15 is 14.4 Å². The zero-order valence-corrected chi connectivity index (χ0v) is 27.6. The lowest BCUT2D eigenvalue weighted by Gasteiger charge is -2.39. The number of carbonyl (C=O) groups excluding carboxylic acids is 3. The Morgan fingerprint density at radius 2 is 0.978 bits per heavy atom. The van der Waals surface area contributed by atoms with Gasteiger partial charge in [0.1, 0.15) is 0 Å². The first-order valence-corrected chi connectivity index (χ1v) is 16.6. The number of hydrogen-bond acceptors (Lipinski definition) is 3. The summed E-state index contributed by atoms with van der Waals surface area (Å²) in [5.41, 5.74) is 4.75. The summed E-state index contributed by atoms with van der Waals surface area (Å²) >= 11 is 2.20. The van der Waals surface area contributed by atoms with E-state index in [0.717, 1.165) is 48.1 Å². The molecule has 2 fully saturated rings. The second kappa shape index (κ2) is 10.5. The summed E-state index contributed by atoms with van der Waals surface area (Å²) in [7, 11) is 0. The van der Waals surface area contributed by atoms with Crippen LogP contribution in [0.25, 0.3) is 11.1 Å². The summed E-state index contributed by atoms with van der Waals surface area (Å²) in [5, 5.41) is 0. The molecule has 4 nitrogen and oxygen atoms in total. The van der Waals surface area contributed by atoms with Gasteiger partial charge in [-0.3, -0.25) is 14.4 Å². The van der Waals surface area contributed by atoms with Crippen LogP contribution in [0.5, 0.6) is 0 Å². The standard InChI is InChI=1S/C41H30INO3/c1-25-16-20-27(21-17-25)33-34(28-22-18-26(2)19-23-28)41(30-12-7-4-8-13-30)36-35(40(33,39(41)46)29-10-5-3-6-11-29)37(44)43(38(36)45)32-15-9-14-31(42)24-32/h3-24,35-36H,1-2H3/t35-,36+,40-,41-/m1/s1. The number of imide groups is 1. The van der Waals surface area contributed by atoms with Crippen molar-refractivity contribution in [3.63, 3.8) is 0 Å². The monoisotopic (exact) mass is 711 g/mol. The minimum Gasteiger partial charge on any atom is -0.297 e. The molecule has 2 bridgehead atoms. The second-order valence-corrected chi connectivity index (χ2v) is 13.9. The van der Waals surface area contributed by atoms with Crippen LogP contribution in [0.1, 0.15) is 33.4 Å². The van der Waals surface area contributed by atoms with Crippen molar-refractivity contribution in [3.8, 4) is 0 Å². The maximum absolute atomic E-state index is 15.9. The SMILES string of the molecule is Cc1ccc(C2=C(c3ccc(C)cc3)[C@@]3(c4ccccc4)C(=O)[C@@]2(c2ccccc2)[C@@H]2C(=O)N(c4cccc(I)c4)C(=O)[C@@H]23)cc1. The number of Topliss-reactive ketones (excluding diaryl/α,β-unsaturated/α-hetero) is 1. The molecule has 0 spiro atoms. The highest BCUT2D eigenvalue weighted by Crippen LogP contribution is 2.74. The highest BCUT2D eigenvalue weighted by atomic mass is 127. The minimum absolute atomic E-state index is 0.109. The molecular weight excluding hydrogens is 681 g/mol. The van der Waals surface area contributed by atoms with Gasteiger partial charge < -0.3 is 0 Å². The van der Waals surface area contributed by atoms with Gasteiger partial charge in [-0.15, -0.1) is 0 Å². The molecule has 1 saturated carbocycles. The van der Waals surface area contributed by atoms with E-state index in [1.54, 1.807) is 0 Å². The van der Waals surface area contributed by atoms with Gasteiger partial charge in [-0.25, -0.2) is 4.90 Å².